The summed E-state index contributed by atoms with van der Waals surface area (Å²) < 4.78 is 6.92. The molecule has 3 heterocycles. The summed E-state index contributed by atoms with van der Waals surface area (Å²) in [5, 5.41) is 3.26. The van der Waals surface area contributed by atoms with E-state index < -0.39 is 0 Å². The van der Waals surface area contributed by atoms with Crippen LogP contribution in [0.2, 0.25) is 0 Å². The van der Waals surface area contributed by atoms with E-state index in [0.717, 1.165) is 25.8 Å². The Kier molecular flexibility index (Phi) is 6.78. The summed E-state index contributed by atoms with van der Waals surface area (Å²) in [7, 11) is 0. The molecule has 8 nitrogen and oxygen atoms in total. The maximum absolute atomic E-state index is 13.2. The average molecular weight is 469 g/mol. The summed E-state index contributed by atoms with van der Waals surface area (Å²) in [6.45, 7) is 6.80. The van der Waals surface area contributed by atoms with E-state index >= 15 is 0 Å². The number of benzene rings is 1. The third-order valence-corrected chi connectivity index (χ3v) is 7.19. The van der Waals surface area contributed by atoms with Gasteiger partial charge in [0.2, 0.25) is 5.91 Å². The third kappa shape index (κ3) is 4.64. The summed E-state index contributed by atoms with van der Waals surface area (Å²) in [4.78, 5) is 46.2. The van der Waals surface area contributed by atoms with E-state index in [1.807, 2.05) is 30.9 Å². The van der Waals surface area contributed by atoms with Crippen molar-refractivity contribution in [3.63, 3.8) is 0 Å². The molecule has 1 saturated heterocycles. The molecule has 0 spiro atoms. The zero-order valence-electron chi connectivity index (χ0n) is 19.1. The Bertz CT molecular complexity index is 1250. The fraction of sp³-hybridized carbons (Fsp3) is 0.417. The number of carbonyl (C=O) groups excluding carboxylic acids is 2. The minimum absolute atomic E-state index is 0.0509. The molecule has 1 aliphatic heterocycles. The van der Waals surface area contributed by atoms with Gasteiger partial charge >= 0.3 is 0 Å². The number of ether oxygens (including phenoxy) is 1. The van der Waals surface area contributed by atoms with Crippen molar-refractivity contribution in [1.82, 2.24) is 14.5 Å². The van der Waals surface area contributed by atoms with E-state index in [9.17, 15) is 14.4 Å². The number of rotatable bonds is 6. The van der Waals surface area contributed by atoms with Crippen molar-refractivity contribution in [1.29, 1.82) is 0 Å². The standard InChI is InChI=1S/C24H28N4O4S/c1-4-32-18-11-6-5-10-17(18)26-22(30)21-16(3)20-23(33-21)25-14-27(24(20)31)13-19(29)28-12-8-7-9-15(28)2/h5-6,10-11,14-15H,4,7-9,12-13H2,1-3H3,(H,26,30)/t15-/m0/s1. The number of anilines is 1. The molecule has 0 unspecified atom stereocenters. The van der Waals surface area contributed by atoms with Crippen LogP contribution in [-0.4, -0.2) is 45.5 Å². The highest BCUT2D eigenvalue weighted by molar-refractivity contribution is 7.20. The van der Waals surface area contributed by atoms with Crippen molar-refractivity contribution in [2.45, 2.75) is 52.6 Å². The normalized spacial score (nSPS) is 16.1. The first-order chi connectivity index (χ1) is 15.9. The molecule has 4 rings (SSSR count). The second-order valence-electron chi connectivity index (χ2n) is 8.23. The number of para-hydroxylation sites is 2. The monoisotopic (exact) mass is 468 g/mol. The van der Waals surface area contributed by atoms with Gasteiger partial charge in [0.15, 0.2) is 0 Å². The van der Waals surface area contributed by atoms with E-state index in [1.54, 1.807) is 19.1 Å². The molecule has 9 heteroatoms. The number of hydrogen-bond acceptors (Lipinski definition) is 6. The third-order valence-electron chi connectivity index (χ3n) is 5.99. The highest BCUT2D eigenvalue weighted by Crippen LogP contribution is 2.30. The van der Waals surface area contributed by atoms with Gasteiger partial charge in [-0.1, -0.05) is 12.1 Å². The largest absolute Gasteiger partial charge is 0.492 e. The van der Waals surface area contributed by atoms with Crippen molar-refractivity contribution in [2.75, 3.05) is 18.5 Å². The van der Waals surface area contributed by atoms with Crippen LogP contribution in [0.15, 0.2) is 35.4 Å². The Morgan fingerprint density at radius 2 is 2.06 bits per heavy atom. The first-order valence-electron chi connectivity index (χ1n) is 11.2. The molecule has 174 valence electrons. The van der Waals surface area contributed by atoms with Gasteiger partial charge in [0, 0.05) is 12.6 Å². The lowest BCUT2D eigenvalue weighted by atomic mass is 10.0. The molecular weight excluding hydrogens is 440 g/mol. The average Bonchev–Trinajstić information content (AvgIpc) is 3.14. The van der Waals surface area contributed by atoms with Crippen molar-refractivity contribution < 1.29 is 14.3 Å². The quantitative estimate of drug-likeness (QED) is 0.594. The molecule has 0 aliphatic carbocycles. The highest BCUT2D eigenvalue weighted by Gasteiger charge is 2.25. The molecule has 1 aliphatic rings. The fourth-order valence-corrected chi connectivity index (χ4v) is 5.26. The van der Waals surface area contributed by atoms with Gasteiger partial charge < -0.3 is 15.0 Å². The lowest BCUT2D eigenvalue weighted by molar-refractivity contribution is -0.135. The molecule has 1 fully saturated rings. The predicted octanol–water partition coefficient (Wildman–Crippen LogP) is 3.82. The maximum atomic E-state index is 13.2. The first-order valence-corrected chi connectivity index (χ1v) is 12.0. The van der Waals surface area contributed by atoms with Crippen molar-refractivity contribution in [3.05, 3.63) is 51.4 Å². The summed E-state index contributed by atoms with van der Waals surface area (Å²) in [6.07, 6.45) is 4.48. The molecule has 2 amide bonds. The van der Waals surface area contributed by atoms with E-state index in [-0.39, 0.29) is 30.0 Å². The second kappa shape index (κ2) is 9.74. The van der Waals surface area contributed by atoms with E-state index in [2.05, 4.69) is 10.3 Å². The van der Waals surface area contributed by atoms with Crippen LogP contribution < -0.4 is 15.6 Å². The first kappa shape index (κ1) is 23.0. The van der Waals surface area contributed by atoms with Gasteiger partial charge in [-0.15, -0.1) is 11.3 Å². The molecule has 3 aromatic rings. The van der Waals surface area contributed by atoms with E-state index in [1.165, 1.54) is 22.2 Å². The van der Waals surface area contributed by atoms with Gasteiger partial charge in [0.05, 0.1) is 28.9 Å². The topological polar surface area (TPSA) is 93.5 Å². The van der Waals surface area contributed by atoms with Crippen molar-refractivity contribution in [3.8, 4) is 5.75 Å². The summed E-state index contributed by atoms with van der Waals surface area (Å²) in [5.41, 5.74) is 0.820. The Morgan fingerprint density at radius 3 is 2.82 bits per heavy atom. The number of thiophene rings is 1. The number of carbonyl (C=O) groups is 2. The molecule has 0 saturated carbocycles. The van der Waals surface area contributed by atoms with Crippen LogP contribution >= 0.6 is 11.3 Å². The Hall–Kier alpha value is -3.20. The van der Waals surface area contributed by atoms with Crippen LogP contribution in [0.1, 0.15) is 48.3 Å². The van der Waals surface area contributed by atoms with Crippen LogP contribution in [0.5, 0.6) is 5.75 Å². The number of nitrogens with one attached hydrogen (secondary N) is 1. The number of nitrogens with zero attached hydrogens (tertiary/aromatic N) is 3. The lowest BCUT2D eigenvalue weighted by Gasteiger charge is -2.33. The molecule has 0 radical (unpaired) electrons. The zero-order valence-corrected chi connectivity index (χ0v) is 19.9. The molecule has 1 aromatic carbocycles. The minimum Gasteiger partial charge on any atom is -0.492 e. The van der Waals surface area contributed by atoms with Crippen molar-refractivity contribution in [2.24, 2.45) is 0 Å². The summed E-state index contributed by atoms with van der Waals surface area (Å²) in [6, 6.07) is 7.39. The van der Waals surface area contributed by atoms with Crippen molar-refractivity contribution >= 4 is 39.1 Å². The van der Waals surface area contributed by atoms with Gasteiger partial charge in [0.1, 0.15) is 17.1 Å². The molecule has 1 N–H and O–H groups in total. The van der Waals surface area contributed by atoms with E-state index in [4.69, 9.17) is 4.74 Å². The zero-order chi connectivity index (χ0) is 23.5. The maximum Gasteiger partial charge on any atom is 0.266 e. The van der Waals surface area contributed by atoms with Crippen LogP contribution in [0.4, 0.5) is 5.69 Å². The van der Waals surface area contributed by atoms with Crippen LogP contribution in [0.3, 0.4) is 0 Å². The number of piperidine rings is 1. The number of aromatic nitrogens is 2. The minimum atomic E-state index is -0.327. The number of fused-ring (bicyclic) bond motifs is 1. The predicted molar refractivity (Wildman–Crippen MR) is 129 cm³/mol. The van der Waals surface area contributed by atoms with Gasteiger partial charge in [-0.05, 0) is 57.7 Å². The SMILES string of the molecule is CCOc1ccccc1NC(=O)c1sc2ncn(CC(=O)N3CCCC[C@@H]3C)c(=O)c2c1C. The van der Waals surface area contributed by atoms with Gasteiger partial charge in [-0.25, -0.2) is 4.98 Å². The summed E-state index contributed by atoms with van der Waals surface area (Å²) in [5.74, 6) is 0.175. The highest BCUT2D eigenvalue weighted by atomic mass is 32.1. The van der Waals surface area contributed by atoms with Gasteiger partial charge in [-0.3, -0.25) is 19.0 Å². The van der Waals surface area contributed by atoms with Gasteiger partial charge in [0.25, 0.3) is 11.5 Å². The van der Waals surface area contributed by atoms with Crippen LogP contribution in [0.25, 0.3) is 10.2 Å². The smallest absolute Gasteiger partial charge is 0.266 e. The number of amides is 2. The van der Waals surface area contributed by atoms with E-state index in [0.29, 0.717) is 38.7 Å². The molecule has 2 aromatic heterocycles. The molecule has 1 atom stereocenters. The Balaban J connectivity index is 1.60. The van der Waals surface area contributed by atoms with Crippen LogP contribution in [0, 0.1) is 6.92 Å². The second-order valence-corrected chi connectivity index (χ2v) is 9.23. The Morgan fingerprint density at radius 1 is 1.27 bits per heavy atom. The lowest BCUT2D eigenvalue weighted by Crippen LogP contribution is -2.44. The fourth-order valence-electron chi connectivity index (χ4n) is 4.22. The molecular formula is C24H28N4O4S. The molecule has 0 bridgehead atoms. The summed E-state index contributed by atoms with van der Waals surface area (Å²) >= 11 is 1.17. The van der Waals surface area contributed by atoms with Crippen LogP contribution in [-0.2, 0) is 11.3 Å². The number of aryl methyl sites for hydroxylation is 1. The Labute approximate surface area is 196 Å². The number of hydrogen-bond donors (Lipinski definition) is 1. The number of likely N-dealkylation sites (tertiary alicyclic amines) is 1. The molecule has 33 heavy (non-hydrogen) atoms. The van der Waals surface area contributed by atoms with Gasteiger partial charge in [-0.2, -0.15) is 0 Å².